The number of hydrogen-bond acceptors (Lipinski definition) is 9. The molecule has 2 fully saturated rings. The minimum absolute atomic E-state index is 0.0481. The maximum atomic E-state index is 13.2. The van der Waals surface area contributed by atoms with E-state index in [-0.39, 0.29) is 12.5 Å². The van der Waals surface area contributed by atoms with Crippen LogP contribution in [0.25, 0.3) is 0 Å². The van der Waals surface area contributed by atoms with E-state index in [1.54, 1.807) is 13.2 Å². The summed E-state index contributed by atoms with van der Waals surface area (Å²) in [7, 11) is 1.70. The zero-order valence-corrected chi connectivity index (χ0v) is 18.7. The average molecular weight is 452 g/mol. The van der Waals surface area contributed by atoms with Gasteiger partial charge in [0.05, 0.1) is 25.7 Å². The molecule has 0 spiro atoms. The fourth-order valence-electron chi connectivity index (χ4n) is 4.30. The van der Waals surface area contributed by atoms with Crippen molar-refractivity contribution in [1.29, 1.82) is 0 Å². The molecule has 3 aromatic rings. The molecule has 0 radical (unpaired) electrons. The highest BCUT2D eigenvalue weighted by Gasteiger charge is 2.39. The lowest BCUT2D eigenvalue weighted by molar-refractivity contribution is -0.129. The normalized spacial score (nSPS) is 17.6. The zero-order valence-electron chi connectivity index (χ0n) is 18.7. The molecule has 0 aromatic carbocycles. The fourth-order valence-corrected chi connectivity index (χ4v) is 4.30. The summed E-state index contributed by atoms with van der Waals surface area (Å²) in [6.07, 6.45) is 8.80. The first kappa shape index (κ1) is 21.4. The van der Waals surface area contributed by atoms with Gasteiger partial charge in [0.1, 0.15) is 11.6 Å². The van der Waals surface area contributed by atoms with Gasteiger partial charge in [-0.1, -0.05) is 19.3 Å². The van der Waals surface area contributed by atoms with Crippen LogP contribution in [0.1, 0.15) is 68.2 Å². The van der Waals surface area contributed by atoms with Crippen LogP contribution in [0, 0.1) is 0 Å². The standard InChI is InChI=1S/C21H29N11O/c1-32-30-19(29-31-32)12-23-20(33)21(8-3-2-4-9-21)24-13-18-22-10-7-16(26-18)25-17-11-15(27-28-17)14-5-6-14/h7,10-11,14,24H,2-6,8-9,12-13H2,1H3,(H,23,33)(H2,22,25,26,27,28). The van der Waals surface area contributed by atoms with Gasteiger partial charge in [-0.05, 0) is 37.0 Å². The van der Waals surface area contributed by atoms with Crippen molar-refractivity contribution in [3.8, 4) is 0 Å². The van der Waals surface area contributed by atoms with E-state index in [1.807, 2.05) is 12.1 Å². The quantitative estimate of drug-likeness (QED) is 0.379. The monoisotopic (exact) mass is 451 g/mol. The predicted octanol–water partition coefficient (Wildman–Crippen LogP) is 1.45. The number of carbonyl (C=O) groups is 1. The Bertz CT molecular complexity index is 1100. The number of aryl methyl sites for hydroxylation is 1. The van der Waals surface area contributed by atoms with Crippen molar-refractivity contribution in [3.05, 3.63) is 35.7 Å². The molecule has 0 saturated heterocycles. The van der Waals surface area contributed by atoms with Crippen LogP contribution in [0.5, 0.6) is 0 Å². The number of aromatic nitrogens is 8. The lowest BCUT2D eigenvalue weighted by Crippen LogP contribution is -2.57. The molecule has 1 amide bonds. The predicted molar refractivity (Wildman–Crippen MR) is 119 cm³/mol. The maximum absolute atomic E-state index is 13.2. The van der Waals surface area contributed by atoms with E-state index in [9.17, 15) is 4.79 Å². The molecular weight excluding hydrogens is 422 g/mol. The van der Waals surface area contributed by atoms with Crippen LogP contribution >= 0.6 is 0 Å². The Morgan fingerprint density at radius 1 is 1.18 bits per heavy atom. The second kappa shape index (κ2) is 9.22. The molecule has 5 rings (SSSR count). The highest BCUT2D eigenvalue weighted by atomic mass is 16.2. The third-order valence-electron chi connectivity index (χ3n) is 6.26. The number of amides is 1. The first-order valence-electron chi connectivity index (χ1n) is 11.5. The van der Waals surface area contributed by atoms with Crippen molar-refractivity contribution in [2.45, 2.75) is 69.5 Å². The number of H-pyrrole nitrogens is 1. The van der Waals surface area contributed by atoms with Crippen LogP contribution < -0.4 is 16.0 Å². The van der Waals surface area contributed by atoms with Gasteiger partial charge in [-0.25, -0.2) is 9.97 Å². The highest BCUT2D eigenvalue weighted by molar-refractivity contribution is 5.86. The average Bonchev–Trinajstić information content (AvgIpc) is 3.44. The summed E-state index contributed by atoms with van der Waals surface area (Å²) in [6, 6.07) is 3.84. The summed E-state index contributed by atoms with van der Waals surface area (Å²) in [5.74, 6) is 3.09. The largest absolute Gasteiger partial charge is 0.347 e. The van der Waals surface area contributed by atoms with Gasteiger partial charge in [-0.2, -0.15) is 9.90 Å². The highest BCUT2D eigenvalue weighted by Crippen LogP contribution is 2.39. The Hall–Kier alpha value is -3.41. The van der Waals surface area contributed by atoms with E-state index in [0.717, 1.165) is 43.6 Å². The van der Waals surface area contributed by atoms with E-state index in [2.05, 4.69) is 51.5 Å². The van der Waals surface area contributed by atoms with Crippen molar-refractivity contribution >= 4 is 17.5 Å². The minimum atomic E-state index is -0.658. The molecule has 2 aliphatic carbocycles. The molecule has 2 saturated carbocycles. The van der Waals surface area contributed by atoms with E-state index in [0.29, 0.717) is 29.9 Å². The Morgan fingerprint density at radius 2 is 2.03 bits per heavy atom. The number of carbonyl (C=O) groups excluding carboxylic acids is 1. The van der Waals surface area contributed by atoms with Gasteiger partial charge < -0.3 is 10.6 Å². The molecule has 0 atom stereocenters. The second-order valence-electron chi connectivity index (χ2n) is 8.84. The van der Waals surface area contributed by atoms with E-state index < -0.39 is 5.54 Å². The van der Waals surface area contributed by atoms with Crippen molar-refractivity contribution in [3.63, 3.8) is 0 Å². The van der Waals surface area contributed by atoms with Gasteiger partial charge in [0, 0.05) is 23.9 Å². The lowest BCUT2D eigenvalue weighted by atomic mass is 9.80. The zero-order chi connectivity index (χ0) is 22.7. The van der Waals surface area contributed by atoms with E-state index in [1.165, 1.54) is 17.6 Å². The molecule has 0 unspecified atom stereocenters. The summed E-state index contributed by atoms with van der Waals surface area (Å²) in [5, 5.41) is 29.0. The topological polar surface area (TPSA) is 151 Å². The fraction of sp³-hybridized carbons (Fsp3) is 0.571. The summed E-state index contributed by atoms with van der Waals surface area (Å²) in [6.45, 7) is 0.638. The third-order valence-corrected chi connectivity index (χ3v) is 6.26. The van der Waals surface area contributed by atoms with Crippen molar-refractivity contribution in [2.75, 3.05) is 5.32 Å². The molecule has 3 aromatic heterocycles. The van der Waals surface area contributed by atoms with Crippen LogP contribution in [-0.4, -0.2) is 51.8 Å². The molecule has 12 nitrogen and oxygen atoms in total. The van der Waals surface area contributed by atoms with Crippen molar-refractivity contribution < 1.29 is 4.79 Å². The number of hydrogen-bond donors (Lipinski definition) is 4. The summed E-state index contributed by atoms with van der Waals surface area (Å²) in [5.41, 5.74) is 0.504. The van der Waals surface area contributed by atoms with E-state index >= 15 is 0 Å². The SMILES string of the molecule is Cn1nnc(CNC(=O)C2(NCc3nccc(Nc4cc(C5CC5)[nH]n4)n3)CCCCC2)n1. The molecule has 174 valence electrons. The molecule has 12 heteroatoms. The van der Waals surface area contributed by atoms with Crippen LogP contribution in [0.15, 0.2) is 18.3 Å². The Balaban J connectivity index is 1.22. The Labute approximate surface area is 191 Å². The first-order chi connectivity index (χ1) is 16.1. The first-order valence-corrected chi connectivity index (χ1v) is 11.5. The number of nitrogens with one attached hydrogen (secondary N) is 4. The molecular formula is C21H29N11O. The number of rotatable bonds is 9. The van der Waals surface area contributed by atoms with Gasteiger partial charge in [0.2, 0.25) is 5.91 Å². The third kappa shape index (κ3) is 5.16. The Morgan fingerprint density at radius 3 is 2.79 bits per heavy atom. The summed E-state index contributed by atoms with van der Waals surface area (Å²) < 4.78 is 0. The van der Waals surface area contributed by atoms with Crippen LogP contribution in [-0.2, 0) is 24.9 Å². The molecule has 0 aliphatic heterocycles. The van der Waals surface area contributed by atoms with Gasteiger partial charge in [0.15, 0.2) is 11.6 Å². The number of anilines is 2. The second-order valence-corrected chi connectivity index (χ2v) is 8.84. The molecule has 2 aliphatic rings. The number of aromatic amines is 1. The minimum Gasteiger partial charge on any atom is -0.347 e. The number of tetrazole rings is 1. The van der Waals surface area contributed by atoms with Crippen LogP contribution in [0.3, 0.4) is 0 Å². The molecule has 4 N–H and O–H groups in total. The lowest BCUT2D eigenvalue weighted by Gasteiger charge is -2.36. The summed E-state index contributed by atoms with van der Waals surface area (Å²) in [4.78, 5) is 23.5. The van der Waals surface area contributed by atoms with Gasteiger partial charge in [-0.3, -0.25) is 15.2 Å². The molecule has 3 heterocycles. The Kier molecular flexibility index (Phi) is 5.99. The van der Waals surface area contributed by atoms with Crippen molar-refractivity contribution in [1.82, 2.24) is 51.0 Å². The number of nitrogens with zero attached hydrogens (tertiary/aromatic N) is 7. The van der Waals surface area contributed by atoms with Crippen LogP contribution in [0.2, 0.25) is 0 Å². The smallest absolute Gasteiger partial charge is 0.240 e. The van der Waals surface area contributed by atoms with Gasteiger partial charge >= 0.3 is 0 Å². The molecule has 33 heavy (non-hydrogen) atoms. The maximum Gasteiger partial charge on any atom is 0.240 e. The van der Waals surface area contributed by atoms with Gasteiger partial charge in [-0.15, -0.1) is 10.2 Å². The van der Waals surface area contributed by atoms with Crippen LogP contribution in [0.4, 0.5) is 11.6 Å². The molecule has 0 bridgehead atoms. The summed E-state index contributed by atoms with van der Waals surface area (Å²) >= 11 is 0. The van der Waals surface area contributed by atoms with Crippen molar-refractivity contribution in [2.24, 2.45) is 7.05 Å². The van der Waals surface area contributed by atoms with Gasteiger partial charge in [0.25, 0.3) is 0 Å². The van der Waals surface area contributed by atoms with E-state index in [4.69, 9.17) is 0 Å².